The van der Waals surface area contributed by atoms with Crippen LogP contribution in [0.3, 0.4) is 0 Å². The van der Waals surface area contributed by atoms with Crippen LogP contribution in [0.5, 0.6) is 0 Å². The summed E-state index contributed by atoms with van der Waals surface area (Å²) < 4.78 is 28.8. The molecule has 0 bridgehead atoms. The smallest absolute Gasteiger partial charge is 0.248 e. The van der Waals surface area contributed by atoms with Gasteiger partial charge in [0.2, 0.25) is 5.91 Å². The highest BCUT2D eigenvalue weighted by Crippen LogP contribution is 2.25. The molecular formula is C25H19F2N3O. The first-order valence-corrected chi connectivity index (χ1v) is 9.66. The number of aryl methyl sites for hydroxylation is 1. The van der Waals surface area contributed by atoms with Crippen LogP contribution in [-0.4, -0.2) is 15.7 Å². The minimum Gasteiger partial charge on any atom is -0.322 e. The lowest BCUT2D eigenvalue weighted by molar-refractivity contribution is -0.111. The number of benzene rings is 3. The fourth-order valence-electron chi connectivity index (χ4n) is 3.07. The van der Waals surface area contributed by atoms with Crippen molar-refractivity contribution in [2.75, 3.05) is 5.32 Å². The molecule has 31 heavy (non-hydrogen) atoms. The Morgan fingerprint density at radius 1 is 1.00 bits per heavy atom. The van der Waals surface area contributed by atoms with Gasteiger partial charge in [0.15, 0.2) is 0 Å². The molecule has 3 aromatic carbocycles. The Kier molecular flexibility index (Phi) is 5.71. The summed E-state index contributed by atoms with van der Waals surface area (Å²) in [5.74, 6) is -1.13. The van der Waals surface area contributed by atoms with E-state index in [-0.39, 0.29) is 11.6 Å². The van der Waals surface area contributed by atoms with Crippen molar-refractivity contribution in [1.82, 2.24) is 9.78 Å². The van der Waals surface area contributed by atoms with E-state index >= 15 is 0 Å². The van der Waals surface area contributed by atoms with Crippen LogP contribution in [0, 0.1) is 18.6 Å². The van der Waals surface area contributed by atoms with Crippen LogP contribution in [0.25, 0.3) is 23.0 Å². The molecule has 1 aromatic heterocycles. The molecule has 0 aliphatic heterocycles. The highest BCUT2D eigenvalue weighted by atomic mass is 19.1. The molecule has 0 spiro atoms. The van der Waals surface area contributed by atoms with Crippen LogP contribution in [-0.2, 0) is 4.79 Å². The normalized spacial score (nSPS) is 11.1. The van der Waals surface area contributed by atoms with E-state index < -0.39 is 5.91 Å². The van der Waals surface area contributed by atoms with E-state index in [9.17, 15) is 13.6 Å². The summed E-state index contributed by atoms with van der Waals surface area (Å²) in [5, 5.41) is 7.27. The number of carbonyl (C=O) groups excluding carboxylic acids is 1. The maximum Gasteiger partial charge on any atom is 0.248 e. The highest BCUT2D eigenvalue weighted by molar-refractivity contribution is 6.02. The molecule has 4 rings (SSSR count). The van der Waals surface area contributed by atoms with E-state index in [1.165, 1.54) is 24.3 Å². The number of nitrogens with one attached hydrogen (secondary N) is 1. The second-order valence-corrected chi connectivity index (χ2v) is 7.01. The van der Waals surface area contributed by atoms with Gasteiger partial charge >= 0.3 is 0 Å². The van der Waals surface area contributed by atoms with Crippen LogP contribution in [0.15, 0.2) is 85.1 Å². The molecule has 1 heterocycles. The molecule has 4 aromatic rings. The summed E-state index contributed by atoms with van der Waals surface area (Å²) in [7, 11) is 0. The van der Waals surface area contributed by atoms with Crippen LogP contribution in [0.4, 0.5) is 14.5 Å². The highest BCUT2D eigenvalue weighted by Gasteiger charge is 2.11. The fourth-order valence-corrected chi connectivity index (χ4v) is 3.07. The minimum atomic E-state index is -0.402. The lowest BCUT2D eigenvalue weighted by Gasteiger charge is -2.03. The molecule has 0 fully saturated rings. The van der Waals surface area contributed by atoms with Crippen LogP contribution in [0.2, 0.25) is 0 Å². The van der Waals surface area contributed by atoms with Gasteiger partial charge in [-0.15, -0.1) is 0 Å². The van der Waals surface area contributed by atoms with Gasteiger partial charge in [0.05, 0.1) is 11.4 Å². The molecule has 0 aliphatic rings. The van der Waals surface area contributed by atoms with Crippen molar-refractivity contribution in [1.29, 1.82) is 0 Å². The number of nitrogens with zero attached hydrogens (tertiary/aromatic N) is 2. The SMILES string of the molecule is Cc1ccc(NC(=O)/C=C/c2cn(-c3ccccc3)nc2-c2ccc(F)cc2)cc1F. The Bertz CT molecular complexity index is 1250. The summed E-state index contributed by atoms with van der Waals surface area (Å²) in [6.07, 6.45) is 4.78. The van der Waals surface area contributed by atoms with Crippen molar-refractivity contribution in [3.05, 3.63) is 108 Å². The van der Waals surface area contributed by atoms with E-state index in [4.69, 9.17) is 0 Å². The quantitative estimate of drug-likeness (QED) is 0.420. The maximum absolute atomic E-state index is 13.7. The van der Waals surface area contributed by atoms with E-state index in [0.717, 1.165) is 11.3 Å². The van der Waals surface area contributed by atoms with Gasteiger partial charge in [0.25, 0.3) is 0 Å². The minimum absolute atomic E-state index is 0.340. The van der Waals surface area contributed by atoms with Crippen molar-refractivity contribution >= 4 is 17.7 Å². The number of halogens is 2. The molecule has 0 radical (unpaired) electrons. The molecule has 1 N–H and O–H groups in total. The predicted octanol–water partition coefficient (Wildman–Crippen LogP) is 5.78. The fraction of sp³-hybridized carbons (Fsp3) is 0.0400. The standard InChI is InChI=1S/C25H19F2N3O/c1-17-7-13-21(15-23(17)27)28-24(31)14-10-19-16-30(22-5-3-2-4-6-22)29-25(19)18-8-11-20(26)12-9-18/h2-16H,1H3,(H,28,31)/b14-10+. The molecule has 6 heteroatoms. The summed E-state index contributed by atoms with van der Waals surface area (Å²) in [5.41, 5.74) is 3.74. The molecule has 4 nitrogen and oxygen atoms in total. The summed E-state index contributed by atoms with van der Waals surface area (Å²) in [4.78, 5) is 12.4. The number of aromatic nitrogens is 2. The predicted molar refractivity (Wildman–Crippen MR) is 118 cm³/mol. The average molecular weight is 415 g/mol. The third-order valence-electron chi connectivity index (χ3n) is 4.73. The Hall–Kier alpha value is -4.06. The van der Waals surface area contributed by atoms with E-state index in [1.54, 1.807) is 48.1 Å². The molecule has 0 aliphatic carbocycles. The zero-order valence-electron chi connectivity index (χ0n) is 16.7. The van der Waals surface area contributed by atoms with Crippen molar-refractivity contribution in [3.63, 3.8) is 0 Å². The van der Waals surface area contributed by atoms with Gasteiger partial charge in [-0.1, -0.05) is 24.3 Å². The first-order chi connectivity index (χ1) is 15.0. The van der Waals surface area contributed by atoms with E-state index in [2.05, 4.69) is 10.4 Å². The Morgan fingerprint density at radius 2 is 1.74 bits per heavy atom. The zero-order chi connectivity index (χ0) is 21.8. The van der Waals surface area contributed by atoms with Crippen molar-refractivity contribution < 1.29 is 13.6 Å². The molecule has 1 amide bonds. The first kappa shape index (κ1) is 20.2. The number of para-hydroxylation sites is 1. The number of hydrogen-bond donors (Lipinski definition) is 1. The maximum atomic E-state index is 13.7. The molecular weight excluding hydrogens is 396 g/mol. The van der Waals surface area contributed by atoms with Gasteiger partial charge in [0.1, 0.15) is 11.6 Å². The van der Waals surface area contributed by atoms with Crippen LogP contribution < -0.4 is 5.32 Å². The molecule has 0 atom stereocenters. The van der Waals surface area contributed by atoms with Gasteiger partial charge in [0, 0.05) is 29.1 Å². The lowest BCUT2D eigenvalue weighted by atomic mass is 10.1. The van der Waals surface area contributed by atoms with Gasteiger partial charge in [-0.05, 0) is 67.1 Å². The summed E-state index contributed by atoms with van der Waals surface area (Å²) >= 11 is 0. The average Bonchev–Trinajstić information content (AvgIpc) is 3.20. The third kappa shape index (κ3) is 4.75. The number of amides is 1. The topological polar surface area (TPSA) is 46.9 Å². The van der Waals surface area contributed by atoms with E-state index in [0.29, 0.717) is 22.5 Å². The molecule has 154 valence electrons. The number of rotatable bonds is 5. The van der Waals surface area contributed by atoms with Crippen molar-refractivity contribution in [2.45, 2.75) is 6.92 Å². The lowest BCUT2D eigenvalue weighted by Crippen LogP contribution is -2.08. The third-order valence-corrected chi connectivity index (χ3v) is 4.73. The molecule has 0 unspecified atom stereocenters. The van der Waals surface area contributed by atoms with Crippen molar-refractivity contribution in [2.24, 2.45) is 0 Å². The van der Waals surface area contributed by atoms with Crippen LogP contribution >= 0.6 is 0 Å². The summed E-state index contributed by atoms with van der Waals surface area (Å²) in [6, 6.07) is 20.1. The monoisotopic (exact) mass is 415 g/mol. The summed E-state index contributed by atoms with van der Waals surface area (Å²) in [6.45, 7) is 1.65. The number of hydrogen-bond acceptors (Lipinski definition) is 2. The van der Waals surface area contributed by atoms with Gasteiger partial charge in [-0.3, -0.25) is 4.79 Å². The van der Waals surface area contributed by atoms with Gasteiger partial charge in [-0.25, -0.2) is 13.5 Å². The largest absolute Gasteiger partial charge is 0.322 e. The van der Waals surface area contributed by atoms with Gasteiger partial charge in [-0.2, -0.15) is 5.10 Å². The molecule has 0 saturated carbocycles. The Morgan fingerprint density at radius 3 is 2.45 bits per heavy atom. The number of anilines is 1. The second-order valence-electron chi connectivity index (χ2n) is 7.01. The second kappa shape index (κ2) is 8.75. The Balaban J connectivity index is 1.64. The van der Waals surface area contributed by atoms with Crippen molar-refractivity contribution in [3.8, 4) is 16.9 Å². The number of carbonyl (C=O) groups is 1. The van der Waals surface area contributed by atoms with Gasteiger partial charge < -0.3 is 5.32 Å². The molecule has 0 saturated heterocycles. The zero-order valence-corrected chi connectivity index (χ0v) is 16.7. The van der Waals surface area contributed by atoms with Crippen LogP contribution in [0.1, 0.15) is 11.1 Å². The van der Waals surface area contributed by atoms with E-state index in [1.807, 2.05) is 30.3 Å². The first-order valence-electron chi connectivity index (χ1n) is 9.66. The Labute approximate surface area is 178 Å².